The SMILES string of the molecule is COC1=C(Cl)C2(C)C(CC3C(=O)N4[C@@H](CO)c5c(c(Cl)c(C)c(OC)c5OC)C[C@H]4C2N3C)C(OC)=C1C. The molecule has 0 radical (unpaired) electrons. The Morgan fingerprint density at radius 1 is 1.05 bits per heavy atom. The molecule has 1 N–H and O–H groups in total. The lowest BCUT2D eigenvalue weighted by atomic mass is 9.57. The molecule has 1 amide bonds. The predicted molar refractivity (Wildman–Crippen MR) is 145 cm³/mol. The van der Waals surface area contributed by atoms with E-state index < -0.39 is 17.5 Å². The van der Waals surface area contributed by atoms with Crippen LogP contribution in [0.1, 0.15) is 43.0 Å². The van der Waals surface area contributed by atoms with E-state index in [0.29, 0.717) is 45.7 Å². The van der Waals surface area contributed by atoms with Crippen molar-refractivity contribution in [2.24, 2.45) is 11.3 Å². The minimum absolute atomic E-state index is 0.0380. The van der Waals surface area contributed by atoms with Gasteiger partial charge in [0, 0.05) is 34.1 Å². The minimum Gasteiger partial charge on any atom is -0.500 e. The summed E-state index contributed by atoms with van der Waals surface area (Å²) in [5.74, 6) is 2.26. The number of piperazine rings is 1. The number of hydrogen-bond acceptors (Lipinski definition) is 7. The average Bonchev–Trinajstić information content (AvgIpc) is 2.90. The first-order valence-electron chi connectivity index (χ1n) is 12.8. The highest BCUT2D eigenvalue weighted by atomic mass is 35.5. The summed E-state index contributed by atoms with van der Waals surface area (Å²) < 4.78 is 23.2. The Kier molecular flexibility index (Phi) is 6.86. The lowest BCUT2D eigenvalue weighted by molar-refractivity contribution is -0.175. The second-order valence-corrected chi connectivity index (χ2v) is 11.6. The Labute approximate surface area is 234 Å². The van der Waals surface area contributed by atoms with Crippen molar-refractivity contribution < 1.29 is 28.8 Å². The zero-order valence-corrected chi connectivity index (χ0v) is 24.7. The lowest BCUT2D eigenvalue weighted by Crippen LogP contribution is -2.76. The molecule has 38 heavy (non-hydrogen) atoms. The molecule has 1 aliphatic carbocycles. The van der Waals surface area contributed by atoms with Gasteiger partial charge < -0.3 is 29.0 Å². The first-order chi connectivity index (χ1) is 18.0. The van der Waals surface area contributed by atoms with Gasteiger partial charge in [0.15, 0.2) is 11.5 Å². The first-order valence-corrected chi connectivity index (χ1v) is 13.6. The summed E-state index contributed by atoms with van der Waals surface area (Å²) in [4.78, 5) is 18.3. The third-order valence-corrected chi connectivity index (χ3v) is 10.6. The van der Waals surface area contributed by atoms with E-state index in [1.165, 1.54) is 0 Å². The first kappa shape index (κ1) is 27.4. The fraction of sp³-hybridized carbons (Fsp3) is 0.607. The highest BCUT2D eigenvalue weighted by Crippen LogP contribution is 2.61. The van der Waals surface area contributed by atoms with E-state index in [4.69, 9.17) is 42.1 Å². The smallest absolute Gasteiger partial charge is 0.240 e. The second-order valence-electron chi connectivity index (χ2n) is 10.9. The molecule has 10 heteroatoms. The van der Waals surface area contributed by atoms with Crippen molar-refractivity contribution in [1.82, 2.24) is 9.80 Å². The Morgan fingerprint density at radius 2 is 1.71 bits per heavy atom. The van der Waals surface area contributed by atoms with Gasteiger partial charge in [0.2, 0.25) is 5.91 Å². The average molecular weight is 568 g/mol. The number of hydrogen-bond donors (Lipinski definition) is 1. The van der Waals surface area contributed by atoms with Crippen molar-refractivity contribution >= 4 is 29.1 Å². The minimum atomic E-state index is -0.649. The largest absolute Gasteiger partial charge is 0.500 e. The maximum absolute atomic E-state index is 14.3. The molecule has 2 bridgehead atoms. The van der Waals surface area contributed by atoms with Crippen LogP contribution in [0.25, 0.3) is 0 Å². The van der Waals surface area contributed by atoms with Crippen LogP contribution in [0, 0.1) is 18.3 Å². The van der Waals surface area contributed by atoms with E-state index in [0.717, 1.165) is 22.5 Å². The number of aliphatic hydroxyl groups excluding tert-OH is 1. The molecule has 4 unspecified atom stereocenters. The van der Waals surface area contributed by atoms with Crippen LogP contribution in [-0.2, 0) is 20.7 Å². The quantitative estimate of drug-likeness (QED) is 0.572. The van der Waals surface area contributed by atoms with Crippen molar-refractivity contribution in [2.75, 3.05) is 42.1 Å². The molecule has 6 atom stereocenters. The Hall–Kier alpha value is -2.13. The maximum atomic E-state index is 14.3. The van der Waals surface area contributed by atoms with Crippen LogP contribution in [0.3, 0.4) is 0 Å². The number of carbonyl (C=O) groups excluding carboxylic acids is 1. The van der Waals surface area contributed by atoms with Crippen molar-refractivity contribution in [2.45, 2.75) is 57.8 Å². The van der Waals surface area contributed by atoms with Crippen molar-refractivity contribution in [1.29, 1.82) is 0 Å². The summed E-state index contributed by atoms with van der Waals surface area (Å²) in [6, 6.07) is -1.58. The zero-order valence-electron chi connectivity index (χ0n) is 23.1. The van der Waals surface area contributed by atoms with Gasteiger partial charge in [0.05, 0.1) is 63.2 Å². The second kappa shape index (κ2) is 9.51. The summed E-state index contributed by atoms with van der Waals surface area (Å²) in [6.45, 7) is 5.69. The highest BCUT2D eigenvalue weighted by Gasteiger charge is 2.65. The van der Waals surface area contributed by atoms with Crippen LogP contribution in [0.5, 0.6) is 11.5 Å². The van der Waals surface area contributed by atoms with Gasteiger partial charge in [-0.1, -0.05) is 30.1 Å². The van der Waals surface area contributed by atoms with E-state index in [-0.39, 0.29) is 30.5 Å². The number of fused-ring (bicyclic) bond motifs is 7. The summed E-state index contributed by atoms with van der Waals surface area (Å²) in [7, 11) is 8.40. The Morgan fingerprint density at radius 3 is 2.26 bits per heavy atom. The number of rotatable bonds is 5. The number of aliphatic hydroxyl groups is 1. The van der Waals surface area contributed by atoms with Gasteiger partial charge in [-0.15, -0.1) is 0 Å². The number of allylic oxidation sites excluding steroid dienone is 2. The molecule has 3 heterocycles. The molecule has 1 aromatic rings. The van der Waals surface area contributed by atoms with Gasteiger partial charge in [-0.25, -0.2) is 0 Å². The zero-order chi connectivity index (χ0) is 27.8. The van der Waals surface area contributed by atoms with E-state index in [1.807, 2.05) is 25.8 Å². The standard InChI is InChI=1S/C28H36Cl2N2O6/c1-12-20(29)14-9-16-26-28(3)15(21(35-5)13(2)23(37-7)25(28)30)10-17(31(26)4)27(34)32(16)18(11-33)19(14)24(38-8)22(12)36-6/h15-18,26,33H,9-11H2,1-8H3/t15?,16-,17?,18-,26?,28?/m0/s1. The van der Waals surface area contributed by atoms with Gasteiger partial charge in [-0.2, -0.15) is 0 Å². The van der Waals surface area contributed by atoms with Crippen molar-refractivity contribution in [3.63, 3.8) is 0 Å². The third-order valence-electron chi connectivity index (χ3n) is 9.49. The molecule has 4 aliphatic rings. The van der Waals surface area contributed by atoms with Crippen LogP contribution in [0.4, 0.5) is 0 Å². The predicted octanol–water partition coefficient (Wildman–Crippen LogP) is 4.19. The number of carbonyl (C=O) groups is 1. The van der Waals surface area contributed by atoms with Gasteiger partial charge in [-0.3, -0.25) is 9.69 Å². The monoisotopic (exact) mass is 566 g/mol. The van der Waals surface area contributed by atoms with Crippen LogP contribution in [0.2, 0.25) is 5.02 Å². The lowest BCUT2D eigenvalue weighted by Gasteiger charge is -2.64. The summed E-state index contributed by atoms with van der Waals surface area (Å²) in [5, 5.41) is 12.0. The van der Waals surface area contributed by atoms with Gasteiger partial charge in [0.1, 0.15) is 11.5 Å². The molecular weight excluding hydrogens is 531 g/mol. The molecule has 2 saturated heterocycles. The fourth-order valence-corrected chi connectivity index (χ4v) is 8.60. The Bertz CT molecular complexity index is 1260. The molecule has 8 nitrogen and oxygen atoms in total. The molecule has 5 rings (SSSR count). The van der Waals surface area contributed by atoms with E-state index in [2.05, 4.69) is 11.8 Å². The molecule has 3 aliphatic heterocycles. The maximum Gasteiger partial charge on any atom is 0.240 e. The molecule has 208 valence electrons. The van der Waals surface area contributed by atoms with Crippen molar-refractivity contribution in [3.05, 3.63) is 43.8 Å². The molecule has 0 aromatic heterocycles. The van der Waals surface area contributed by atoms with Crippen LogP contribution in [0.15, 0.2) is 22.1 Å². The van der Waals surface area contributed by atoms with Crippen LogP contribution < -0.4 is 9.47 Å². The van der Waals surface area contributed by atoms with Crippen LogP contribution in [-0.4, -0.2) is 81.0 Å². The normalized spacial score (nSPS) is 32.6. The molecule has 0 spiro atoms. The number of likely N-dealkylation sites (N-methyl/N-ethyl adjacent to an activating group) is 1. The number of halogens is 2. The topological polar surface area (TPSA) is 80.7 Å². The van der Waals surface area contributed by atoms with Gasteiger partial charge >= 0.3 is 0 Å². The summed E-state index contributed by atoms with van der Waals surface area (Å²) in [6.07, 6.45) is 0.999. The number of amides is 1. The third kappa shape index (κ3) is 3.26. The molecule has 0 saturated carbocycles. The van der Waals surface area contributed by atoms with E-state index in [1.54, 1.807) is 28.4 Å². The summed E-state index contributed by atoms with van der Waals surface area (Å²) >= 11 is 14.2. The molecular formula is C28H36Cl2N2O6. The van der Waals surface area contributed by atoms with E-state index in [9.17, 15) is 9.90 Å². The number of methoxy groups -OCH3 is 4. The number of benzene rings is 1. The van der Waals surface area contributed by atoms with E-state index >= 15 is 0 Å². The van der Waals surface area contributed by atoms with Crippen LogP contribution >= 0.6 is 23.2 Å². The fourth-order valence-electron chi connectivity index (χ4n) is 7.87. The number of ether oxygens (including phenoxy) is 4. The number of piperidine rings is 1. The molecule has 2 fully saturated rings. The Balaban J connectivity index is 1.77. The highest BCUT2D eigenvalue weighted by molar-refractivity contribution is 6.32. The number of nitrogens with zero attached hydrogens (tertiary/aromatic N) is 2. The summed E-state index contributed by atoms with van der Waals surface area (Å²) in [5.41, 5.74) is 2.55. The van der Waals surface area contributed by atoms with Gasteiger partial charge in [-0.05, 0) is 39.3 Å². The molecule has 1 aromatic carbocycles. The van der Waals surface area contributed by atoms with Gasteiger partial charge in [0.25, 0.3) is 0 Å². The van der Waals surface area contributed by atoms with Crippen molar-refractivity contribution in [3.8, 4) is 11.5 Å².